The minimum Gasteiger partial charge on any atom is -0.398 e. The molecule has 2 N–H and O–H groups in total. The Morgan fingerprint density at radius 2 is 1.81 bits per heavy atom. The molecular weight excluding hydrogens is 258 g/mol. The van der Waals surface area contributed by atoms with Crippen LogP contribution in [0.4, 0.5) is 17.1 Å². The molecule has 106 valence electrons. The summed E-state index contributed by atoms with van der Waals surface area (Å²) in [7, 11) is 0. The molecule has 21 heavy (non-hydrogen) atoms. The summed E-state index contributed by atoms with van der Waals surface area (Å²) >= 11 is 0. The molecule has 3 aromatic rings. The summed E-state index contributed by atoms with van der Waals surface area (Å²) in [6, 6.07) is 16.6. The van der Waals surface area contributed by atoms with Gasteiger partial charge in [0.05, 0.1) is 0 Å². The van der Waals surface area contributed by atoms with Gasteiger partial charge in [0, 0.05) is 46.3 Å². The minimum atomic E-state index is 0.769. The molecule has 0 aliphatic carbocycles. The van der Waals surface area contributed by atoms with Gasteiger partial charge in [0.25, 0.3) is 0 Å². The number of aromatic nitrogens is 1. The Labute approximate surface area is 125 Å². The molecule has 1 aromatic heterocycles. The second-order valence-electron chi connectivity index (χ2n) is 5.12. The second-order valence-corrected chi connectivity index (χ2v) is 5.12. The molecule has 0 saturated heterocycles. The van der Waals surface area contributed by atoms with Crippen molar-refractivity contribution >= 4 is 27.8 Å². The lowest BCUT2D eigenvalue weighted by molar-refractivity contribution is 1.03. The van der Waals surface area contributed by atoms with Gasteiger partial charge in [-0.25, -0.2) is 0 Å². The number of aryl methyl sites for hydroxylation is 1. The highest BCUT2D eigenvalue weighted by atomic mass is 15.1. The monoisotopic (exact) mass is 277 g/mol. The summed E-state index contributed by atoms with van der Waals surface area (Å²) in [6.45, 7) is 5.05. The van der Waals surface area contributed by atoms with Crippen LogP contribution in [-0.4, -0.2) is 11.5 Å². The van der Waals surface area contributed by atoms with Crippen molar-refractivity contribution in [3.05, 3.63) is 60.4 Å². The maximum Gasteiger partial charge on any atom is 0.0493 e. The Morgan fingerprint density at radius 1 is 1.05 bits per heavy atom. The molecule has 1 heterocycles. The van der Waals surface area contributed by atoms with E-state index in [2.05, 4.69) is 53.2 Å². The van der Waals surface area contributed by atoms with E-state index in [-0.39, 0.29) is 0 Å². The zero-order valence-electron chi connectivity index (χ0n) is 12.4. The number of para-hydroxylation sites is 1. The van der Waals surface area contributed by atoms with Gasteiger partial charge in [0.2, 0.25) is 0 Å². The number of benzene rings is 2. The maximum absolute atomic E-state index is 6.10. The van der Waals surface area contributed by atoms with E-state index < -0.39 is 0 Å². The van der Waals surface area contributed by atoms with E-state index >= 15 is 0 Å². The third-order valence-corrected chi connectivity index (χ3v) is 3.72. The predicted molar refractivity (Wildman–Crippen MR) is 90.0 cm³/mol. The molecule has 0 radical (unpaired) electrons. The van der Waals surface area contributed by atoms with Crippen LogP contribution in [0.1, 0.15) is 12.6 Å². The molecule has 3 nitrogen and oxygen atoms in total. The lowest BCUT2D eigenvalue weighted by Crippen LogP contribution is -2.16. The zero-order chi connectivity index (χ0) is 14.8. The quantitative estimate of drug-likeness (QED) is 0.726. The molecule has 0 atom stereocenters. The summed E-state index contributed by atoms with van der Waals surface area (Å²) in [5.41, 5.74) is 10.2. The highest BCUT2D eigenvalue weighted by Gasteiger charge is 2.12. The number of nitrogens with two attached hydrogens (primary N) is 1. The van der Waals surface area contributed by atoms with Gasteiger partial charge in [-0.15, -0.1) is 0 Å². The number of rotatable bonds is 3. The van der Waals surface area contributed by atoms with Crippen LogP contribution in [0.25, 0.3) is 10.8 Å². The third kappa shape index (κ3) is 2.42. The lowest BCUT2D eigenvalue weighted by Gasteiger charge is -2.25. The summed E-state index contributed by atoms with van der Waals surface area (Å²) in [5, 5.41) is 2.15. The van der Waals surface area contributed by atoms with Gasteiger partial charge in [-0.05, 0) is 44.2 Å². The number of pyridine rings is 1. The van der Waals surface area contributed by atoms with Crippen molar-refractivity contribution in [2.24, 2.45) is 0 Å². The topological polar surface area (TPSA) is 42.1 Å². The van der Waals surface area contributed by atoms with Crippen molar-refractivity contribution in [3.8, 4) is 0 Å². The van der Waals surface area contributed by atoms with E-state index in [4.69, 9.17) is 5.73 Å². The van der Waals surface area contributed by atoms with Crippen LogP contribution in [-0.2, 0) is 0 Å². The summed E-state index contributed by atoms with van der Waals surface area (Å²) in [6.07, 6.45) is 1.86. The highest BCUT2D eigenvalue weighted by Crippen LogP contribution is 2.34. The van der Waals surface area contributed by atoms with Gasteiger partial charge in [-0.2, -0.15) is 0 Å². The van der Waals surface area contributed by atoms with Crippen LogP contribution in [0, 0.1) is 6.92 Å². The zero-order valence-corrected chi connectivity index (χ0v) is 12.4. The van der Waals surface area contributed by atoms with E-state index in [0.29, 0.717) is 0 Å². The van der Waals surface area contributed by atoms with Gasteiger partial charge < -0.3 is 10.6 Å². The molecule has 0 aliphatic heterocycles. The van der Waals surface area contributed by atoms with E-state index in [1.165, 1.54) is 11.4 Å². The number of nitrogen functional groups attached to an aromatic ring is 1. The fourth-order valence-electron chi connectivity index (χ4n) is 2.69. The maximum atomic E-state index is 6.10. The summed E-state index contributed by atoms with van der Waals surface area (Å²) in [4.78, 5) is 6.66. The third-order valence-electron chi connectivity index (χ3n) is 3.72. The first-order chi connectivity index (χ1) is 10.2. The molecule has 3 heteroatoms. The first-order valence-electron chi connectivity index (χ1n) is 7.18. The first-order valence-corrected chi connectivity index (χ1v) is 7.18. The second kappa shape index (κ2) is 5.44. The molecule has 0 unspecified atom stereocenters. The summed E-state index contributed by atoms with van der Waals surface area (Å²) in [5.74, 6) is 0. The van der Waals surface area contributed by atoms with Crippen molar-refractivity contribution < 1.29 is 0 Å². The Hall–Kier alpha value is -2.55. The number of nitrogens with zero attached hydrogens (tertiary/aromatic N) is 2. The Bertz CT molecular complexity index is 766. The Balaban J connectivity index is 2.24. The standard InChI is InChI=1S/C18H19N3/c1-3-21(14-7-5-4-6-8-14)18-10-9-17(19)16-12-20-13(2)11-15(16)18/h4-12H,3,19H2,1-2H3. The molecule has 3 rings (SSSR count). The van der Waals surface area contributed by atoms with Crippen LogP contribution in [0.5, 0.6) is 0 Å². The van der Waals surface area contributed by atoms with Crippen molar-refractivity contribution in [1.82, 2.24) is 4.98 Å². The number of hydrogen-bond donors (Lipinski definition) is 1. The van der Waals surface area contributed by atoms with Crippen molar-refractivity contribution in [2.75, 3.05) is 17.2 Å². The Morgan fingerprint density at radius 3 is 2.52 bits per heavy atom. The molecule has 0 spiro atoms. The number of hydrogen-bond acceptors (Lipinski definition) is 3. The summed E-state index contributed by atoms with van der Waals surface area (Å²) < 4.78 is 0. The van der Waals surface area contributed by atoms with Crippen molar-refractivity contribution in [2.45, 2.75) is 13.8 Å². The number of fused-ring (bicyclic) bond motifs is 1. The molecule has 0 fully saturated rings. The predicted octanol–water partition coefficient (Wildman–Crippen LogP) is 4.28. The average molecular weight is 277 g/mol. The van der Waals surface area contributed by atoms with Gasteiger partial charge in [-0.1, -0.05) is 18.2 Å². The molecule has 0 saturated carbocycles. The normalized spacial score (nSPS) is 10.8. The van der Waals surface area contributed by atoms with E-state index in [1.807, 2.05) is 25.3 Å². The minimum absolute atomic E-state index is 0.769. The smallest absolute Gasteiger partial charge is 0.0493 e. The van der Waals surface area contributed by atoms with E-state index in [9.17, 15) is 0 Å². The first kappa shape index (κ1) is 13.4. The average Bonchev–Trinajstić information content (AvgIpc) is 2.51. The van der Waals surface area contributed by atoms with Gasteiger partial charge in [0.1, 0.15) is 0 Å². The van der Waals surface area contributed by atoms with Crippen molar-refractivity contribution in [3.63, 3.8) is 0 Å². The van der Waals surface area contributed by atoms with Crippen LogP contribution in [0.2, 0.25) is 0 Å². The van der Waals surface area contributed by atoms with Crippen LogP contribution < -0.4 is 10.6 Å². The van der Waals surface area contributed by atoms with Gasteiger partial charge in [0.15, 0.2) is 0 Å². The number of anilines is 3. The van der Waals surface area contributed by atoms with E-state index in [0.717, 1.165) is 28.7 Å². The van der Waals surface area contributed by atoms with Crippen LogP contribution in [0.15, 0.2) is 54.7 Å². The fraction of sp³-hybridized carbons (Fsp3) is 0.167. The lowest BCUT2D eigenvalue weighted by atomic mass is 10.1. The molecule has 0 aliphatic rings. The van der Waals surface area contributed by atoms with Crippen molar-refractivity contribution in [1.29, 1.82) is 0 Å². The van der Waals surface area contributed by atoms with Gasteiger partial charge in [-0.3, -0.25) is 4.98 Å². The van der Waals surface area contributed by atoms with Crippen LogP contribution >= 0.6 is 0 Å². The van der Waals surface area contributed by atoms with Crippen LogP contribution in [0.3, 0.4) is 0 Å². The molecule has 2 aromatic carbocycles. The van der Waals surface area contributed by atoms with Gasteiger partial charge >= 0.3 is 0 Å². The SMILES string of the molecule is CCN(c1ccccc1)c1ccc(N)c2cnc(C)cc12. The fourth-order valence-corrected chi connectivity index (χ4v) is 2.69. The Kier molecular flexibility index (Phi) is 3.48. The molecule has 0 amide bonds. The molecular formula is C18H19N3. The molecule has 0 bridgehead atoms. The largest absolute Gasteiger partial charge is 0.398 e. The highest BCUT2D eigenvalue weighted by molar-refractivity contribution is 6.02. The van der Waals surface area contributed by atoms with E-state index in [1.54, 1.807) is 0 Å².